The van der Waals surface area contributed by atoms with Crippen molar-refractivity contribution in [1.82, 2.24) is 5.32 Å². The molecule has 1 aromatic rings. The Morgan fingerprint density at radius 1 is 1.40 bits per heavy atom. The fourth-order valence-corrected chi connectivity index (χ4v) is 2.10. The maximum absolute atomic E-state index is 11.7. The SMILES string of the molecule is CCC(C)NCC(=O)Nc1cc(S(C)(=O)=O)ccc1O. The molecule has 1 rings (SSSR count). The lowest BCUT2D eigenvalue weighted by molar-refractivity contribution is -0.115. The van der Waals surface area contributed by atoms with E-state index in [2.05, 4.69) is 10.6 Å². The maximum atomic E-state index is 11.7. The number of aromatic hydroxyl groups is 1. The van der Waals surface area contributed by atoms with E-state index >= 15 is 0 Å². The van der Waals surface area contributed by atoms with Crippen molar-refractivity contribution in [2.75, 3.05) is 18.1 Å². The molecular weight excluding hydrogens is 280 g/mol. The van der Waals surface area contributed by atoms with Gasteiger partial charge in [0, 0.05) is 12.3 Å². The van der Waals surface area contributed by atoms with Crippen LogP contribution in [-0.2, 0) is 14.6 Å². The molecule has 0 aliphatic rings. The zero-order valence-electron chi connectivity index (χ0n) is 11.8. The summed E-state index contributed by atoms with van der Waals surface area (Å²) in [4.78, 5) is 11.8. The minimum Gasteiger partial charge on any atom is -0.506 e. The van der Waals surface area contributed by atoms with Gasteiger partial charge in [0.05, 0.1) is 17.1 Å². The molecule has 0 bridgehead atoms. The summed E-state index contributed by atoms with van der Waals surface area (Å²) in [6.07, 6.45) is 1.96. The Morgan fingerprint density at radius 2 is 2.05 bits per heavy atom. The van der Waals surface area contributed by atoms with Crippen LogP contribution in [0.4, 0.5) is 5.69 Å². The lowest BCUT2D eigenvalue weighted by Crippen LogP contribution is -2.34. The van der Waals surface area contributed by atoms with Crippen molar-refractivity contribution in [2.45, 2.75) is 31.2 Å². The first-order valence-electron chi connectivity index (χ1n) is 6.30. The van der Waals surface area contributed by atoms with Crippen molar-refractivity contribution >= 4 is 21.4 Å². The zero-order chi connectivity index (χ0) is 15.3. The molecule has 1 atom stereocenters. The summed E-state index contributed by atoms with van der Waals surface area (Å²) in [5, 5.41) is 15.1. The molecule has 7 heteroatoms. The van der Waals surface area contributed by atoms with Crippen LogP contribution in [-0.4, -0.2) is 38.3 Å². The van der Waals surface area contributed by atoms with E-state index in [0.29, 0.717) is 0 Å². The van der Waals surface area contributed by atoms with E-state index in [0.717, 1.165) is 12.7 Å². The van der Waals surface area contributed by atoms with Gasteiger partial charge >= 0.3 is 0 Å². The van der Waals surface area contributed by atoms with Crippen LogP contribution >= 0.6 is 0 Å². The number of nitrogens with one attached hydrogen (secondary N) is 2. The number of hydrogen-bond acceptors (Lipinski definition) is 5. The molecule has 0 aromatic heterocycles. The van der Waals surface area contributed by atoms with Gasteiger partial charge in [0.25, 0.3) is 0 Å². The summed E-state index contributed by atoms with van der Waals surface area (Å²) >= 11 is 0. The fraction of sp³-hybridized carbons (Fsp3) is 0.462. The van der Waals surface area contributed by atoms with Crippen molar-refractivity contribution in [3.63, 3.8) is 0 Å². The Balaban J connectivity index is 2.79. The largest absolute Gasteiger partial charge is 0.506 e. The molecule has 0 spiro atoms. The van der Waals surface area contributed by atoms with E-state index < -0.39 is 9.84 Å². The molecule has 0 fully saturated rings. The number of phenolic OH excluding ortho intramolecular Hbond substituents is 1. The van der Waals surface area contributed by atoms with Gasteiger partial charge in [0.15, 0.2) is 9.84 Å². The number of amides is 1. The predicted octanol–water partition coefficient (Wildman–Crippen LogP) is 1.12. The first kappa shape index (κ1) is 16.5. The molecule has 1 amide bonds. The van der Waals surface area contributed by atoms with Crippen molar-refractivity contribution in [3.05, 3.63) is 18.2 Å². The van der Waals surface area contributed by atoms with Gasteiger partial charge in [-0.1, -0.05) is 6.92 Å². The highest BCUT2D eigenvalue weighted by atomic mass is 32.2. The van der Waals surface area contributed by atoms with Crippen molar-refractivity contribution in [3.8, 4) is 5.75 Å². The van der Waals surface area contributed by atoms with Gasteiger partial charge in [-0.25, -0.2) is 8.42 Å². The summed E-state index contributed by atoms with van der Waals surface area (Å²) in [7, 11) is -3.39. The average molecular weight is 300 g/mol. The Kier molecular flexibility index (Phi) is 5.52. The molecule has 0 radical (unpaired) electrons. The summed E-state index contributed by atoms with van der Waals surface area (Å²) in [6, 6.07) is 3.98. The van der Waals surface area contributed by atoms with Crippen LogP contribution in [0, 0.1) is 0 Å². The van der Waals surface area contributed by atoms with E-state index in [9.17, 15) is 18.3 Å². The predicted molar refractivity (Wildman–Crippen MR) is 77.6 cm³/mol. The molecule has 0 saturated carbocycles. The lowest BCUT2D eigenvalue weighted by atomic mass is 10.2. The van der Waals surface area contributed by atoms with Gasteiger partial charge in [-0.15, -0.1) is 0 Å². The van der Waals surface area contributed by atoms with Crippen LogP contribution < -0.4 is 10.6 Å². The number of hydrogen-bond donors (Lipinski definition) is 3. The second-order valence-electron chi connectivity index (χ2n) is 4.69. The molecule has 0 heterocycles. The number of sulfone groups is 1. The standard InChI is InChI=1S/C13H20N2O4S/c1-4-9(2)14-8-13(17)15-11-7-10(20(3,18)19)5-6-12(11)16/h5-7,9,14,16H,4,8H2,1-3H3,(H,15,17). The third kappa shape index (κ3) is 4.82. The van der Waals surface area contributed by atoms with Crippen molar-refractivity contribution in [2.24, 2.45) is 0 Å². The Bertz CT molecular complexity index is 584. The monoisotopic (exact) mass is 300 g/mol. The molecule has 0 aliphatic heterocycles. The van der Waals surface area contributed by atoms with E-state index in [4.69, 9.17) is 0 Å². The van der Waals surface area contributed by atoms with Gasteiger partial charge in [-0.05, 0) is 31.5 Å². The molecule has 6 nitrogen and oxygen atoms in total. The molecule has 20 heavy (non-hydrogen) atoms. The van der Waals surface area contributed by atoms with Crippen LogP contribution in [0.3, 0.4) is 0 Å². The van der Waals surface area contributed by atoms with Crippen LogP contribution in [0.15, 0.2) is 23.1 Å². The van der Waals surface area contributed by atoms with E-state index in [-0.39, 0.29) is 34.8 Å². The molecule has 3 N–H and O–H groups in total. The lowest BCUT2D eigenvalue weighted by Gasteiger charge is -2.12. The summed E-state index contributed by atoms with van der Waals surface area (Å²) in [6.45, 7) is 4.05. The summed E-state index contributed by atoms with van der Waals surface area (Å²) in [5.74, 6) is -0.513. The second kappa shape index (κ2) is 6.71. The van der Waals surface area contributed by atoms with Crippen LogP contribution in [0.5, 0.6) is 5.75 Å². The van der Waals surface area contributed by atoms with E-state index in [1.165, 1.54) is 18.2 Å². The number of carbonyl (C=O) groups is 1. The molecule has 1 unspecified atom stereocenters. The molecule has 112 valence electrons. The maximum Gasteiger partial charge on any atom is 0.238 e. The smallest absolute Gasteiger partial charge is 0.238 e. The summed E-state index contributed by atoms with van der Waals surface area (Å²) in [5.41, 5.74) is 0.0869. The Morgan fingerprint density at radius 3 is 2.60 bits per heavy atom. The Hall–Kier alpha value is -1.60. The van der Waals surface area contributed by atoms with E-state index in [1.807, 2.05) is 13.8 Å². The number of rotatable bonds is 6. The van der Waals surface area contributed by atoms with Crippen molar-refractivity contribution < 1.29 is 18.3 Å². The molecule has 1 aromatic carbocycles. The number of phenols is 1. The van der Waals surface area contributed by atoms with E-state index in [1.54, 1.807) is 0 Å². The second-order valence-corrected chi connectivity index (χ2v) is 6.71. The quantitative estimate of drug-likeness (QED) is 0.684. The van der Waals surface area contributed by atoms with Crippen LogP contribution in [0.1, 0.15) is 20.3 Å². The number of anilines is 1. The Labute approximate surface area is 119 Å². The zero-order valence-corrected chi connectivity index (χ0v) is 12.6. The fourth-order valence-electron chi connectivity index (χ4n) is 1.45. The van der Waals surface area contributed by atoms with Gasteiger partial charge in [0.2, 0.25) is 5.91 Å². The molecule has 0 saturated heterocycles. The third-order valence-electron chi connectivity index (χ3n) is 2.89. The normalized spacial score (nSPS) is 12.9. The van der Waals surface area contributed by atoms with Gasteiger partial charge in [-0.2, -0.15) is 0 Å². The molecular formula is C13H20N2O4S. The van der Waals surface area contributed by atoms with Crippen LogP contribution in [0.2, 0.25) is 0 Å². The summed E-state index contributed by atoms with van der Waals surface area (Å²) < 4.78 is 22.9. The topological polar surface area (TPSA) is 95.5 Å². The highest BCUT2D eigenvalue weighted by Gasteiger charge is 2.13. The first-order valence-corrected chi connectivity index (χ1v) is 8.19. The molecule has 0 aliphatic carbocycles. The van der Waals surface area contributed by atoms with Crippen molar-refractivity contribution in [1.29, 1.82) is 0 Å². The van der Waals surface area contributed by atoms with Crippen LogP contribution in [0.25, 0.3) is 0 Å². The highest BCUT2D eigenvalue weighted by molar-refractivity contribution is 7.90. The minimum absolute atomic E-state index is 0.0421. The number of benzene rings is 1. The van der Waals surface area contributed by atoms with Gasteiger partial charge in [-0.3, -0.25) is 4.79 Å². The highest BCUT2D eigenvalue weighted by Crippen LogP contribution is 2.26. The average Bonchev–Trinajstić information content (AvgIpc) is 2.37. The third-order valence-corrected chi connectivity index (χ3v) is 4.00. The number of carbonyl (C=O) groups excluding carboxylic acids is 1. The van der Waals surface area contributed by atoms with Gasteiger partial charge in [0.1, 0.15) is 5.75 Å². The minimum atomic E-state index is -3.39. The first-order chi connectivity index (χ1) is 9.24. The van der Waals surface area contributed by atoms with Gasteiger partial charge < -0.3 is 15.7 Å².